The van der Waals surface area contributed by atoms with E-state index in [1.165, 1.54) is 4.90 Å². The van der Waals surface area contributed by atoms with Crippen molar-refractivity contribution in [3.63, 3.8) is 0 Å². The van der Waals surface area contributed by atoms with Gasteiger partial charge in [-0.15, -0.1) is 0 Å². The highest BCUT2D eigenvalue weighted by atomic mass is 16.5. The van der Waals surface area contributed by atoms with E-state index in [2.05, 4.69) is 0 Å². The van der Waals surface area contributed by atoms with Crippen LogP contribution in [0.3, 0.4) is 0 Å². The first kappa shape index (κ1) is 21.3. The molecular formula is C26H35NO5. The van der Waals surface area contributed by atoms with Gasteiger partial charge in [0.25, 0.3) is 5.91 Å². The Kier molecular flexibility index (Phi) is 7.88. The largest absolute Gasteiger partial charge is 0.481 e. The fraction of sp³-hybridized carbons (Fsp3) is 0.538. The number of amides is 1. The highest BCUT2D eigenvalue weighted by molar-refractivity contribution is 5.94. The van der Waals surface area contributed by atoms with Crippen molar-refractivity contribution in [2.24, 2.45) is 5.92 Å². The standard InChI is InChI=1S/C26H35NO5/c1-19(2)27(26(30)21-14-12-20(13-15-21)23-10-7-17-32-23)18-22-8-6-9-24(22)31-16-5-3-4-11-25(28)29/h7,10,12-15,17,19,22,24H,3-6,8-9,11,16,18H2,1-2H3,(H,28,29)/i18D2. The van der Waals surface area contributed by atoms with Gasteiger partial charge in [-0.05, 0) is 63.8 Å². The van der Waals surface area contributed by atoms with Crippen LogP contribution >= 0.6 is 0 Å². The van der Waals surface area contributed by atoms with E-state index >= 15 is 0 Å². The number of nitrogens with zero attached hydrogens (tertiary/aromatic N) is 1. The molecule has 174 valence electrons. The summed E-state index contributed by atoms with van der Waals surface area (Å²) in [6.45, 7) is 2.27. The lowest BCUT2D eigenvalue weighted by Crippen LogP contribution is -2.42. The summed E-state index contributed by atoms with van der Waals surface area (Å²) in [6, 6.07) is 10.4. The maximum atomic E-state index is 13.5. The molecule has 0 radical (unpaired) electrons. The molecule has 1 aromatic heterocycles. The number of carbonyl (C=O) groups is 2. The number of carbonyl (C=O) groups excluding carboxylic acids is 1. The van der Waals surface area contributed by atoms with Gasteiger partial charge in [0.15, 0.2) is 0 Å². The molecule has 32 heavy (non-hydrogen) atoms. The first-order chi connectivity index (χ1) is 16.2. The molecule has 2 unspecified atom stereocenters. The molecule has 2 aromatic rings. The molecule has 0 bridgehead atoms. The fourth-order valence-corrected chi connectivity index (χ4v) is 4.04. The molecule has 1 fully saturated rings. The summed E-state index contributed by atoms with van der Waals surface area (Å²) in [4.78, 5) is 25.4. The Morgan fingerprint density at radius 1 is 1.19 bits per heavy atom. The first-order valence-corrected chi connectivity index (χ1v) is 11.5. The van der Waals surface area contributed by atoms with Crippen LogP contribution in [-0.2, 0) is 9.53 Å². The lowest BCUT2D eigenvalue weighted by molar-refractivity contribution is -0.137. The SMILES string of the molecule is [2H]C([2H])(C1CCCC1OCCCCCC(=O)O)N(C(=O)c1ccc(-c2ccco2)cc1)C(C)C. The van der Waals surface area contributed by atoms with Crippen molar-refractivity contribution in [2.75, 3.05) is 13.1 Å². The summed E-state index contributed by atoms with van der Waals surface area (Å²) in [5, 5.41) is 8.74. The number of unbranched alkanes of at least 4 members (excludes halogenated alkanes) is 2. The zero-order valence-corrected chi connectivity index (χ0v) is 19.0. The van der Waals surface area contributed by atoms with Crippen LogP contribution in [0.25, 0.3) is 11.3 Å². The molecule has 1 aromatic carbocycles. The molecule has 1 aliphatic rings. The molecule has 0 aliphatic heterocycles. The molecule has 1 N–H and O–H groups in total. The lowest BCUT2D eigenvalue weighted by atomic mass is 10.0. The van der Waals surface area contributed by atoms with Crippen molar-refractivity contribution < 1.29 is 26.6 Å². The lowest BCUT2D eigenvalue weighted by Gasteiger charge is -2.32. The van der Waals surface area contributed by atoms with Crippen molar-refractivity contribution in [1.82, 2.24) is 4.90 Å². The summed E-state index contributed by atoms with van der Waals surface area (Å²) < 4.78 is 29.4. The van der Waals surface area contributed by atoms with E-state index in [0.29, 0.717) is 30.8 Å². The number of aliphatic carboxylic acids is 1. The number of hydrogen-bond donors (Lipinski definition) is 1. The van der Waals surface area contributed by atoms with Gasteiger partial charge >= 0.3 is 5.97 Å². The third-order valence-electron chi connectivity index (χ3n) is 5.80. The van der Waals surface area contributed by atoms with E-state index in [9.17, 15) is 9.59 Å². The molecule has 1 amide bonds. The van der Waals surface area contributed by atoms with Crippen molar-refractivity contribution in [3.05, 3.63) is 48.2 Å². The molecule has 3 rings (SSSR count). The maximum absolute atomic E-state index is 13.5. The Balaban J connectivity index is 1.67. The van der Waals surface area contributed by atoms with Gasteiger partial charge in [0.1, 0.15) is 5.76 Å². The van der Waals surface area contributed by atoms with Crippen LogP contribution in [0.2, 0.25) is 0 Å². The van der Waals surface area contributed by atoms with Crippen molar-refractivity contribution in [2.45, 2.75) is 70.9 Å². The van der Waals surface area contributed by atoms with Gasteiger partial charge in [0.05, 0.1) is 12.4 Å². The predicted octanol–water partition coefficient (Wildman–Crippen LogP) is 5.63. The Morgan fingerprint density at radius 3 is 2.62 bits per heavy atom. The quantitative estimate of drug-likeness (QED) is 0.430. The Hall–Kier alpha value is -2.60. The number of benzene rings is 1. The zero-order valence-electron chi connectivity index (χ0n) is 21.0. The minimum atomic E-state index is -1.87. The average Bonchev–Trinajstić information content (AvgIpc) is 3.48. The van der Waals surface area contributed by atoms with Gasteiger partial charge in [0, 0.05) is 45.4 Å². The molecule has 6 heteroatoms. The van der Waals surface area contributed by atoms with E-state index in [0.717, 1.165) is 31.2 Å². The van der Waals surface area contributed by atoms with Gasteiger partial charge in [-0.25, -0.2) is 0 Å². The predicted molar refractivity (Wildman–Crippen MR) is 124 cm³/mol. The fourth-order valence-electron chi connectivity index (χ4n) is 4.04. The monoisotopic (exact) mass is 443 g/mol. The van der Waals surface area contributed by atoms with Crippen molar-refractivity contribution in [1.29, 1.82) is 0 Å². The maximum Gasteiger partial charge on any atom is 0.303 e. The minimum absolute atomic E-state index is 0.155. The third kappa shape index (κ3) is 6.70. The highest BCUT2D eigenvalue weighted by Crippen LogP contribution is 2.30. The Bertz CT molecular complexity index is 927. The molecule has 2 atom stereocenters. The highest BCUT2D eigenvalue weighted by Gasteiger charge is 2.32. The van der Waals surface area contributed by atoms with Gasteiger partial charge < -0.3 is 19.2 Å². The third-order valence-corrected chi connectivity index (χ3v) is 5.80. The van der Waals surface area contributed by atoms with E-state index in [4.69, 9.17) is 17.0 Å². The first-order valence-electron chi connectivity index (χ1n) is 12.5. The van der Waals surface area contributed by atoms with Crippen LogP contribution in [0.5, 0.6) is 0 Å². The van der Waals surface area contributed by atoms with Gasteiger partial charge in [-0.1, -0.05) is 25.0 Å². The van der Waals surface area contributed by atoms with Gasteiger partial charge in [-0.2, -0.15) is 0 Å². The summed E-state index contributed by atoms with van der Waals surface area (Å²) in [5.41, 5.74) is 1.29. The van der Waals surface area contributed by atoms with E-state index in [1.807, 2.05) is 32.0 Å². The van der Waals surface area contributed by atoms with Crippen molar-refractivity contribution in [3.8, 4) is 11.3 Å². The number of ether oxygens (including phenoxy) is 1. The van der Waals surface area contributed by atoms with Gasteiger partial charge in [0.2, 0.25) is 0 Å². The number of rotatable bonds is 12. The Labute approximate surface area is 193 Å². The average molecular weight is 444 g/mol. The number of hydrogen-bond acceptors (Lipinski definition) is 4. The van der Waals surface area contributed by atoms with Crippen LogP contribution in [-0.4, -0.2) is 47.1 Å². The van der Waals surface area contributed by atoms with Crippen LogP contribution in [0.4, 0.5) is 0 Å². The summed E-state index contributed by atoms with van der Waals surface area (Å²) in [6.07, 6.45) is 5.89. The second-order valence-corrected chi connectivity index (χ2v) is 8.60. The van der Waals surface area contributed by atoms with Gasteiger partial charge in [-0.3, -0.25) is 9.59 Å². The molecule has 1 heterocycles. The second-order valence-electron chi connectivity index (χ2n) is 8.60. The van der Waals surface area contributed by atoms with E-state index in [1.54, 1.807) is 24.5 Å². The molecule has 0 spiro atoms. The Morgan fingerprint density at radius 2 is 1.97 bits per heavy atom. The molecule has 1 aliphatic carbocycles. The van der Waals surface area contributed by atoms with Crippen LogP contribution in [0.15, 0.2) is 47.1 Å². The second kappa shape index (κ2) is 11.9. The molecular weight excluding hydrogens is 406 g/mol. The number of carboxylic acids is 1. The number of carboxylic acid groups (broad SMARTS) is 1. The summed E-state index contributed by atoms with van der Waals surface area (Å²) >= 11 is 0. The molecule has 6 nitrogen and oxygen atoms in total. The summed E-state index contributed by atoms with van der Waals surface area (Å²) in [5.74, 6) is -0.839. The van der Waals surface area contributed by atoms with Crippen LogP contribution in [0, 0.1) is 5.92 Å². The smallest absolute Gasteiger partial charge is 0.303 e. The topological polar surface area (TPSA) is 80.0 Å². The normalized spacial score (nSPS) is 19.6. The van der Waals surface area contributed by atoms with E-state index in [-0.39, 0.29) is 24.5 Å². The summed E-state index contributed by atoms with van der Waals surface area (Å²) in [7, 11) is 0. The van der Waals surface area contributed by atoms with Crippen LogP contribution in [0.1, 0.15) is 71.9 Å². The minimum Gasteiger partial charge on any atom is -0.481 e. The van der Waals surface area contributed by atoms with Crippen molar-refractivity contribution >= 4 is 11.9 Å². The van der Waals surface area contributed by atoms with Crippen LogP contribution < -0.4 is 0 Å². The van der Waals surface area contributed by atoms with E-state index < -0.39 is 18.4 Å². The molecule has 1 saturated carbocycles. The molecule has 0 saturated heterocycles. The zero-order chi connectivity index (χ0) is 24.7. The number of furan rings is 1.